The molecule has 0 bridgehead atoms. The molecule has 2 aliphatic rings. The summed E-state index contributed by atoms with van der Waals surface area (Å²) in [5, 5.41) is 6.58. The first-order valence-corrected chi connectivity index (χ1v) is 12.9. The molecule has 1 saturated heterocycles. The maximum atomic E-state index is 12.4. The van der Waals surface area contributed by atoms with E-state index in [9.17, 15) is 9.59 Å². The van der Waals surface area contributed by atoms with E-state index in [-0.39, 0.29) is 23.6 Å². The first kappa shape index (κ1) is 24.7. The highest BCUT2D eigenvalue weighted by Gasteiger charge is 2.23. The lowest BCUT2D eigenvalue weighted by molar-refractivity contribution is -0.119. The first-order valence-electron chi connectivity index (χ1n) is 12.9. The molecule has 6 N–H and O–H groups in total. The molecule has 37 heavy (non-hydrogen) atoms. The van der Waals surface area contributed by atoms with Gasteiger partial charge in [-0.15, -0.1) is 0 Å². The van der Waals surface area contributed by atoms with Crippen LogP contribution in [0, 0.1) is 0 Å². The van der Waals surface area contributed by atoms with E-state index in [1.54, 1.807) is 0 Å². The number of anilines is 4. The predicted molar refractivity (Wildman–Crippen MR) is 146 cm³/mol. The highest BCUT2D eigenvalue weighted by atomic mass is 16.2. The van der Waals surface area contributed by atoms with Crippen LogP contribution in [0.5, 0.6) is 0 Å². The van der Waals surface area contributed by atoms with Gasteiger partial charge in [0.1, 0.15) is 11.4 Å². The molecule has 9 nitrogen and oxygen atoms in total. The van der Waals surface area contributed by atoms with Crippen molar-refractivity contribution in [3.63, 3.8) is 0 Å². The fourth-order valence-electron chi connectivity index (χ4n) is 5.08. The van der Waals surface area contributed by atoms with Gasteiger partial charge in [-0.1, -0.05) is 37.1 Å². The van der Waals surface area contributed by atoms with Crippen LogP contribution >= 0.6 is 0 Å². The average molecular weight is 500 g/mol. The molecule has 1 aliphatic heterocycles. The Morgan fingerprint density at radius 3 is 2.57 bits per heavy atom. The van der Waals surface area contributed by atoms with E-state index in [1.165, 1.54) is 6.20 Å². The Bertz CT molecular complexity index is 1300. The largest absolute Gasteiger partial charge is 0.365 e. The Labute approximate surface area is 216 Å². The number of hydrogen-bond donors (Lipinski definition) is 4. The molecule has 0 unspecified atom stereocenters. The van der Waals surface area contributed by atoms with Crippen LogP contribution in [0.4, 0.5) is 23.1 Å². The molecule has 2 atom stereocenters. The molecule has 1 aromatic heterocycles. The second-order valence-corrected chi connectivity index (χ2v) is 9.78. The van der Waals surface area contributed by atoms with Crippen LogP contribution in [-0.4, -0.2) is 40.4 Å². The minimum Gasteiger partial charge on any atom is -0.365 e. The molecule has 0 radical (unpaired) electrons. The van der Waals surface area contributed by atoms with Crippen LogP contribution in [-0.2, 0) is 4.79 Å². The molecule has 192 valence electrons. The summed E-state index contributed by atoms with van der Waals surface area (Å²) in [5.74, 6) is 0.294. The summed E-state index contributed by atoms with van der Waals surface area (Å²) < 4.78 is 0. The quantitative estimate of drug-likeness (QED) is 0.382. The zero-order chi connectivity index (χ0) is 25.8. The molecular weight excluding hydrogens is 466 g/mol. The lowest BCUT2D eigenvalue weighted by Crippen LogP contribution is -2.43. The summed E-state index contributed by atoms with van der Waals surface area (Å²) in [7, 11) is 0. The van der Waals surface area contributed by atoms with Gasteiger partial charge in [-0.3, -0.25) is 9.59 Å². The van der Waals surface area contributed by atoms with E-state index in [0.717, 1.165) is 67.6 Å². The zero-order valence-corrected chi connectivity index (χ0v) is 20.8. The van der Waals surface area contributed by atoms with Gasteiger partial charge in [0.2, 0.25) is 11.9 Å². The van der Waals surface area contributed by atoms with Crippen molar-refractivity contribution in [2.75, 3.05) is 22.1 Å². The van der Waals surface area contributed by atoms with Crippen molar-refractivity contribution >= 4 is 35.0 Å². The highest BCUT2D eigenvalue weighted by Crippen LogP contribution is 2.30. The first-order chi connectivity index (χ1) is 18.0. The zero-order valence-electron chi connectivity index (χ0n) is 20.8. The highest BCUT2D eigenvalue weighted by molar-refractivity contribution is 5.98. The SMILES string of the molecule is NC(=O)c1cnc(N[C@@H]2CCCC[C@@H]2N)nc1Nc1cccc(-c2cccc(N3CCCCC3=O)c2)c1. The number of amides is 2. The number of nitrogens with two attached hydrogens (primary N) is 2. The summed E-state index contributed by atoms with van der Waals surface area (Å²) >= 11 is 0. The molecule has 2 heterocycles. The third-order valence-corrected chi connectivity index (χ3v) is 7.13. The van der Waals surface area contributed by atoms with Crippen LogP contribution in [0.1, 0.15) is 55.3 Å². The van der Waals surface area contributed by atoms with E-state index in [2.05, 4.69) is 20.6 Å². The standard InChI is InChI=1S/C28H33N7O2/c29-23-11-1-2-12-24(23)33-28-31-17-22(26(30)37)27(34-28)32-20-9-5-7-18(15-20)19-8-6-10-21(16-19)35-14-4-3-13-25(35)36/h5-10,15-17,23-24H,1-4,11-14,29H2,(H2,30,37)(H2,31,32,33,34)/t23-,24+/m0/s1. The number of rotatable bonds is 7. The van der Waals surface area contributed by atoms with Crippen molar-refractivity contribution in [2.24, 2.45) is 11.5 Å². The molecule has 3 aromatic rings. The molecule has 1 saturated carbocycles. The minimum atomic E-state index is -0.613. The second kappa shape index (κ2) is 11.0. The van der Waals surface area contributed by atoms with Crippen molar-refractivity contribution in [2.45, 2.75) is 57.0 Å². The van der Waals surface area contributed by atoms with Gasteiger partial charge >= 0.3 is 0 Å². The number of carbonyl (C=O) groups is 2. The minimum absolute atomic E-state index is 0.0391. The average Bonchev–Trinajstić information content (AvgIpc) is 2.90. The molecule has 1 aliphatic carbocycles. The number of hydrogen-bond acceptors (Lipinski definition) is 7. The predicted octanol–water partition coefficient (Wildman–Crippen LogP) is 4.18. The third-order valence-electron chi connectivity index (χ3n) is 7.13. The Balaban J connectivity index is 1.39. The summed E-state index contributed by atoms with van der Waals surface area (Å²) in [6.07, 6.45) is 8.14. The molecule has 0 spiro atoms. The smallest absolute Gasteiger partial charge is 0.254 e. The summed E-state index contributed by atoms with van der Waals surface area (Å²) in [6.45, 7) is 0.746. The summed E-state index contributed by atoms with van der Waals surface area (Å²) in [6, 6.07) is 15.9. The lowest BCUT2D eigenvalue weighted by Gasteiger charge is -2.29. The number of nitrogens with one attached hydrogen (secondary N) is 2. The Hall–Kier alpha value is -3.98. The maximum Gasteiger partial charge on any atom is 0.254 e. The number of nitrogens with zero attached hydrogens (tertiary/aromatic N) is 3. The normalized spacial score (nSPS) is 19.9. The van der Waals surface area contributed by atoms with Gasteiger partial charge in [-0.25, -0.2) is 4.98 Å². The number of aromatic nitrogens is 2. The molecule has 9 heteroatoms. The molecule has 2 amide bonds. The van der Waals surface area contributed by atoms with Gasteiger partial charge in [0.05, 0.1) is 0 Å². The van der Waals surface area contributed by atoms with E-state index in [4.69, 9.17) is 11.5 Å². The van der Waals surface area contributed by atoms with E-state index < -0.39 is 5.91 Å². The molecule has 2 aromatic carbocycles. The van der Waals surface area contributed by atoms with E-state index in [1.807, 2.05) is 53.4 Å². The third kappa shape index (κ3) is 5.72. The number of piperidine rings is 1. The van der Waals surface area contributed by atoms with Crippen LogP contribution in [0.2, 0.25) is 0 Å². The topological polar surface area (TPSA) is 139 Å². The van der Waals surface area contributed by atoms with Gasteiger partial charge in [0.25, 0.3) is 5.91 Å². The van der Waals surface area contributed by atoms with Crippen molar-refractivity contribution in [1.29, 1.82) is 0 Å². The number of carbonyl (C=O) groups excluding carboxylic acids is 2. The van der Waals surface area contributed by atoms with Crippen molar-refractivity contribution < 1.29 is 9.59 Å². The molecular formula is C28H33N7O2. The van der Waals surface area contributed by atoms with Gasteiger partial charge < -0.3 is 27.0 Å². The van der Waals surface area contributed by atoms with Gasteiger partial charge in [-0.05, 0) is 61.1 Å². The summed E-state index contributed by atoms with van der Waals surface area (Å²) in [5.41, 5.74) is 15.7. The van der Waals surface area contributed by atoms with E-state index in [0.29, 0.717) is 18.2 Å². The second-order valence-electron chi connectivity index (χ2n) is 9.78. The van der Waals surface area contributed by atoms with Crippen molar-refractivity contribution in [3.8, 4) is 11.1 Å². The van der Waals surface area contributed by atoms with Crippen molar-refractivity contribution in [1.82, 2.24) is 9.97 Å². The monoisotopic (exact) mass is 499 g/mol. The summed E-state index contributed by atoms with van der Waals surface area (Å²) in [4.78, 5) is 35.2. The number of benzene rings is 2. The lowest BCUT2D eigenvalue weighted by atomic mass is 9.91. The molecule has 5 rings (SSSR count). The Kier molecular flexibility index (Phi) is 7.32. The van der Waals surface area contributed by atoms with Gasteiger partial charge in [0, 0.05) is 42.6 Å². The van der Waals surface area contributed by atoms with Gasteiger partial charge in [0.15, 0.2) is 0 Å². The number of primary amides is 1. The van der Waals surface area contributed by atoms with E-state index >= 15 is 0 Å². The van der Waals surface area contributed by atoms with Crippen LogP contribution in [0.25, 0.3) is 11.1 Å². The van der Waals surface area contributed by atoms with Gasteiger partial charge in [-0.2, -0.15) is 4.98 Å². The molecule has 2 fully saturated rings. The fourth-order valence-corrected chi connectivity index (χ4v) is 5.08. The van der Waals surface area contributed by atoms with Crippen LogP contribution in [0.3, 0.4) is 0 Å². The van der Waals surface area contributed by atoms with Crippen LogP contribution in [0.15, 0.2) is 54.7 Å². The van der Waals surface area contributed by atoms with Crippen molar-refractivity contribution in [3.05, 3.63) is 60.3 Å². The Morgan fingerprint density at radius 1 is 1.00 bits per heavy atom. The van der Waals surface area contributed by atoms with Crippen LogP contribution < -0.4 is 27.0 Å². The maximum absolute atomic E-state index is 12.4. The Morgan fingerprint density at radius 2 is 1.78 bits per heavy atom. The fraction of sp³-hybridized carbons (Fsp3) is 0.357.